The molecule has 1 atom stereocenters. The van der Waals surface area contributed by atoms with E-state index in [9.17, 15) is 10.1 Å². The summed E-state index contributed by atoms with van der Waals surface area (Å²) in [6.45, 7) is 6.35. The van der Waals surface area contributed by atoms with E-state index in [1.165, 1.54) is 19.3 Å². The minimum atomic E-state index is -0.343. The molecule has 0 amide bonds. The molecule has 1 saturated carbocycles. The van der Waals surface area contributed by atoms with Crippen molar-refractivity contribution < 1.29 is 4.92 Å². The third kappa shape index (κ3) is 2.19. The maximum absolute atomic E-state index is 11.1. The van der Waals surface area contributed by atoms with E-state index >= 15 is 0 Å². The van der Waals surface area contributed by atoms with Crippen molar-refractivity contribution in [3.63, 3.8) is 0 Å². The summed E-state index contributed by atoms with van der Waals surface area (Å²) in [5, 5.41) is 18.6. The standard InChI is InChI=1S/C12H20N4O2/c1-4-15-12(11(16(17)18)9(3)14-15)13-8(2)10-6-5-7-10/h8,10,13H,4-7H2,1-3H3. The average Bonchev–Trinajstić information content (AvgIpc) is 2.51. The SMILES string of the molecule is CCn1nc(C)c([N+](=O)[O-])c1NC(C)C1CCC1. The molecular weight excluding hydrogens is 232 g/mol. The third-order valence-electron chi connectivity index (χ3n) is 3.80. The summed E-state index contributed by atoms with van der Waals surface area (Å²) in [5.74, 6) is 1.18. The molecule has 6 nitrogen and oxygen atoms in total. The first-order chi connectivity index (χ1) is 8.54. The van der Waals surface area contributed by atoms with E-state index in [-0.39, 0.29) is 16.7 Å². The predicted octanol–water partition coefficient (Wildman–Crippen LogP) is 2.72. The number of nitrogens with zero attached hydrogens (tertiary/aromatic N) is 3. The molecule has 6 heteroatoms. The van der Waals surface area contributed by atoms with Crippen LogP contribution in [0.2, 0.25) is 0 Å². The van der Waals surface area contributed by atoms with Crippen LogP contribution in [0.3, 0.4) is 0 Å². The van der Waals surface area contributed by atoms with Crippen molar-refractivity contribution in [3.8, 4) is 0 Å². The summed E-state index contributed by atoms with van der Waals surface area (Å²) < 4.78 is 1.68. The van der Waals surface area contributed by atoms with Gasteiger partial charge in [-0.2, -0.15) is 5.10 Å². The van der Waals surface area contributed by atoms with Gasteiger partial charge in [0.25, 0.3) is 0 Å². The molecule has 1 aliphatic rings. The zero-order valence-corrected chi connectivity index (χ0v) is 11.1. The van der Waals surface area contributed by atoms with Crippen LogP contribution in [0.15, 0.2) is 0 Å². The molecule has 1 unspecified atom stereocenters. The quantitative estimate of drug-likeness (QED) is 0.646. The molecule has 1 aliphatic carbocycles. The molecule has 1 aromatic heterocycles. The minimum Gasteiger partial charge on any atom is -0.362 e. The fraction of sp³-hybridized carbons (Fsp3) is 0.750. The van der Waals surface area contributed by atoms with E-state index in [4.69, 9.17) is 0 Å². The van der Waals surface area contributed by atoms with Gasteiger partial charge in [-0.3, -0.25) is 10.1 Å². The zero-order chi connectivity index (χ0) is 13.3. The first kappa shape index (κ1) is 12.9. The van der Waals surface area contributed by atoms with Crippen LogP contribution in [-0.2, 0) is 6.54 Å². The van der Waals surface area contributed by atoms with Gasteiger partial charge in [0.15, 0.2) is 0 Å². The number of aromatic nitrogens is 2. The van der Waals surface area contributed by atoms with Gasteiger partial charge in [0, 0.05) is 12.6 Å². The third-order valence-corrected chi connectivity index (χ3v) is 3.80. The van der Waals surface area contributed by atoms with Crippen LogP contribution in [0.1, 0.15) is 38.8 Å². The summed E-state index contributed by atoms with van der Waals surface area (Å²) in [6, 6.07) is 0.263. The topological polar surface area (TPSA) is 73.0 Å². The lowest BCUT2D eigenvalue weighted by Crippen LogP contribution is -2.31. The van der Waals surface area contributed by atoms with E-state index < -0.39 is 0 Å². The van der Waals surface area contributed by atoms with E-state index in [1.54, 1.807) is 11.6 Å². The number of hydrogen-bond donors (Lipinski definition) is 1. The largest absolute Gasteiger partial charge is 0.362 e. The maximum atomic E-state index is 11.1. The first-order valence-corrected chi connectivity index (χ1v) is 6.53. The molecule has 0 bridgehead atoms. The smallest absolute Gasteiger partial charge is 0.333 e. The van der Waals surface area contributed by atoms with Crippen molar-refractivity contribution in [2.45, 2.75) is 52.6 Å². The highest BCUT2D eigenvalue weighted by atomic mass is 16.6. The van der Waals surface area contributed by atoms with Crippen LogP contribution in [0, 0.1) is 23.0 Å². The highest BCUT2D eigenvalue weighted by Gasteiger charge is 2.29. The van der Waals surface area contributed by atoms with Crippen molar-refractivity contribution in [2.75, 3.05) is 5.32 Å². The van der Waals surface area contributed by atoms with Gasteiger partial charge in [-0.25, -0.2) is 4.68 Å². The van der Waals surface area contributed by atoms with Gasteiger partial charge in [-0.15, -0.1) is 0 Å². The van der Waals surface area contributed by atoms with Gasteiger partial charge in [0.1, 0.15) is 5.69 Å². The molecule has 0 aromatic carbocycles. The molecule has 1 heterocycles. The van der Waals surface area contributed by atoms with Gasteiger partial charge in [0.2, 0.25) is 5.82 Å². The highest BCUT2D eigenvalue weighted by Crippen LogP contribution is 2.34. The second-order valence-corrected chi connectivity index (χ2v) is 4.98. The van der Waals surface area contributed by atoms with E-state index in [0.29, 0.717) is 24.0 Å². The van der Waals surface area contributed by atoms with Crippen molar-refractivity contribution in [2.24, 2.45) is 5.92 Å². The second kappa shape index (κ2) is 4.96. The molecular formula is C12H20N4O2. The van der Waals surface area contributed by atoms with E-state index in [1.807, 2.05) is 6.92 Å². The van der Waals surface area contributed by atoms with Crippen LogP contribution >= 0.6 is 0 Å². The maximum Gasteiger partial charge on any atom is 0.333 e. The summed E-state index contributed by atoms with van der Waals surface area (Å²) in [4.78, 5) is 10.8. The number of nitro groups is 1. The zero-order valence-electron chi connectivity index (χ0n) is 11.1. The Kier molecular flexibility index (Phi) is 3.54. The molecule has 1 aromatic rings. The molecule has 0 aliphatic heterocycles. The van der Waals surface area contributed by atoms with Crippen molar-refractivity contribution in [3.05, 3.63) is 15.8 Å². The first-order valence-electron chi connectivity index (χ1n) is 6.53. The lowest BCUT2D eigenvalue weighted by atomic mass is 9.80. The lowest BCUT2D eigenvalue weighted by molar-refractivity contribution is -0.384. The Labute approximate surface area is 107 Å². The Bertz CT molecular complexity index is 451. The molecule has 0 spiro atoms. The Morgan fingerprint density at radius 3 is 2.72 bits per heavy atom. The second-order valence-electron chi connectivity index (χ2n) is 4.98. The Morgan fingerprint density at radius 1 is 1.61 bits per heavy atom. The average molecular weight is 252 g/mol. The van der Waals surface area contributed by atoms with Gasteiger partial charge >= 0.3 is 5.69 Å². The van der Waals surface area contributed by atoms with Crippen LogP contribution in [0.4, 0.5) is 11.5 Å². The molecule has 100 valence electrons. The number of aryl methyl sites for hydroxylation is 2. The number of anilines is 1. The fourth-order valence-electron chi connectivity index (χ4n) is 2.44. The minimum absolute atomic E-state index is 0.114. The molecule has 1 fully saturated rings. The lowest BCUT2D eigenvalue weighted by Gasteiger charge is -2.32. The molecule has 1 N–H and O–H groups in total. The van der Waals surface area contributed by atoms with Gasteiger partial charge in [-0.1, -0.05) is 6.42 Å². The van der Waals surface area contributed by atoms with Gasteiger partial charge < -0.3 is 5.32 Å². The van der Waals surface area contributed by atoms with Gasteiger partial charge in [0.05, 0.1) is 4.92 Å². The number of rotatable bonds is 5. The Hall–Kier alpha value is -1.59. The molecule has 0 saturated heterocycles. The Morgan fingerprint density at radius 2 is 2.28 bits per heavy atom. The number of hydrogen-bond acceptors (Lipinski definition) is 4. The summed E-state index contributed by atoms with van der Waals surface area (Å²) in [6.07, 6.45) is 3.69. The molecule has 2 rings (SSSR count). The predicted molar refractivity (Wildman–Crippen MR) is 69.7 cm³/mol. The summed E-state index contributed by atoms with van der Waals surface area (Å²) in [5.41, 5.74) is 0.591. The fourth-order valence-corrected chi connectivity index (χ4v) is 2.44. The van der Waals surface area contributed by atoms with Crippen molar-refractivity contribution >= 4 is 11.5 Å². The summed E-state index contributed by atoms with van der Waals surface area (Å²) >= 11 is 0. The molecule has 0 radical (unpaired) electrons. The normalized spacial score (nSPS) is 17.3. The Balaban J connectivity index is 2.26. The molecule has 18 heavy (non-hydrogen) atoms. The van der Waals surface area contributed by atoms with E-state index in [2.05, 4.69) is 17.3 Å². The highest BCUT2D eigenvalue weighted by molar-refractivity contribution is 5.60. The van der Waals surface area contributed by atoms with Crippen LogP contribution in [0.5, 0.6) is 0 Å². The van der Waals surface area contributed by atoms with Gasteiger partial charge in [-0.05, 0) is 39.5 Å². The number of nitrogens with one attached hydrogen (secondary N) is 1. The van der Waals surface area contributed by atoms with Crippen LogP contribution in [-0.4, -0.2) is 20.7 Å². The summed E-state index contributed by atoms with van der Waals surface area (Å²) in [7, 11) is 0. The van der Waals surface area contributed by atoms with Crippen molar-refractivity contribution in [1.29, 1.82) is 0 Å². The van der Waals surface area contributed by atoms with Crippen LogP contribution < -0.4 is 5.32 Å². The van der Waals surface area contributed by atoms with Crippen molar-refractivity contribution in [1.82, 2.24) is 9.78 Å². The van der Waals surface area contributed by atoms with E-state index in [0.717, 1.165) is 0 Å². The monoisotopic (exact) mass is 252 g/mol. The van der Waals surface area contributed by atoms with Crippen LogP contribution in [0.25, 0.3) is 0 Å².